The average Bonchev–Trinajstić information content (AvgIpc) is 2.70. The third-order valence-electron chi connectivity index (χ3n) is 4.11. The number of carbonyl (C=O) groups is 1. The van der Waals surface area contributed by atoms with Crippen LogP contribution in [0.4, 0.5) is 5.69 Å². The largest absolute Gasteiger partial charge is 0.484 e. The van der Waals surface area contributed by atoms with E-state index in [2.05, 4.69) is 11.4 Å². The zero-order chi connectivity index (χ0) is 19.2. The molecule has 3 aromatic carbocycles. The van der Waals surface area contributed by atoms with E-state index in [1.54, 1.807) is 30.3 Å². The molecule has 3 rings (SSSR count). The highest BCUT2D eigenvalue weighted by atomic mass is 35.5. The van der Waals surface area contributed by atoms with Gasteiger partial charge in [-0.1, -0.05) is 41.9 Å². The number of hydrogen-bond donors (Lipinski definition) is 1. The average molecular weight is 377 g/mol. The smallest absolute Gasteiger partial charge is 0.262 e. The van der Waals surface area contributed by atoms with Gasteiger partial charge < -0.3 is 10.1 Å². The summed E-state index contributed by atoms with van der Waals surface area (Å²) in [7, 11) is 0. The van der Waals surface area contributed by atoms with Crippen molar-refractivity contribution in [3.8, 4) is 22.9 Å². The van der Waals surface area contributed by atoms with Crippen LogP contribution in [0.5, 0.6) is 5.75 Å². The molecule has 0 aliphatic heterocycles. The molecule has 27 heavy (non-hydrogen) atoms. The highest BCUT2D eigenvalue weighted by molar-refractivity contribution is 6.31. The third kappa shape index (κ3) is 4.66. The number of hydrogen-bond acceptors (Lipinski definition) is 3. The summed E-state index contributed by atoms with van der Waals surface area (Å²) in [5.74, 6) is 0.349. The van der Waals surface area contributed by atoms with Crippen LogP contribution in [0.15, 0.2) is 66.7 Å². The van der Waals surface area contributed by atoms with Crippen molar-refractivity contribution in [1.82, 2.24) is 0 Å². The van der Waals surface area contributed by atoms with Crippen LogP contribution in [-0.4, -0.2) is 12.5 Å². The lowest BCUT2D eigenvalue weighted by Gasteiger charge is -2.11. The quantitative estimate of drug-likeness (QED) is 0.665. The molecular weight excluding hydrogens is 360 g/mol. The predicted octanol–water partition coefficient (Wildman–Crippen LogP) is 5.20. The van der Waals surface area contributed by atoms with Gasteiger partial charge in [0.05, 0.1) is 11.6 Å². The van der Waals surface area contributed by atoms with E-state index in [1.165, 1.54) is 0 Å². The van der Waals surface area contributed by atoms with Gasteiger partial charge in [-0.15, -0.1) is 0 Å². The molecule has 0 heterocycles. The van der Waals surface area contributed by atoms with E-state index in [1.807, 2.05) is 43.3 Å². The van der Waals surface area contributed by atoms with Crippen molar-refractivity contribution in [1.29, 1.82) is 5.26 Å². The van der Waals surface area contributed by atoms with E-state index in [0.29, 0.717) is 22.0 Å². The lowest BCUT2D eigenvalue weighted by atomic mass is 10.0. The van der Waals surface area contributed by atoms with Crippen molar-refractivity contribution in [2.75, 3.05) is 11.9 Å². The molecular formula is C22H17ClN2O2. The number of amides is 1. The first-order chi connectivity index (χ1) is 13.1. The highest BCUT2D eigenvalue weighted by Gasteiger charge is 2.08. The standard InChI is InChI=1S/C22H17ClN2O2/c1-15-20(23)3-2-4-21(15)25-22(26)14-27-19-11-9-18(10-12-19)17-7-5-16(13-24)6-8-17/h2-12H,14H2,1H3,(H,25,26). The van der Waals surface area contributed by atoms with Crippen molar-refractivity contribution in [2.24, 2.45) is 0 Å². The minimum absolute atomic E-state index is 0.0951. The molecule has 5 heteroatoms. The Balaban J connectivity index is 1.59. The van der Waals surface area contributed by atoms with E-state index in [-0.39, 0.29) is 12.5 Å². The third-order valence-corrected chi connectivity index (χ3v) is 4.52. The molecule has 0 saturated carbocycles. The van der Waals surface area contributed by atoms with Gasteiger partial charge in [0.1, 0.15) is 5.75 Å². The van der Waals surface area contributed by atoms with E-state index in [0.717, 1.165) is 16.7 Å². The first-order valence-electron chi connectivity index (χ1n) is 8.35. The van der Waals surface area contributed by atoms with Crippen molar-refractivity contribution in [3.05, 3.63) is 82.9 Å². The number of halogens is 1. The maximum atomic E-state index is 12.1. The molecule has 0 aromatic heterocycles. The second-order valence-electron chi connectivity index (χ2n) is 5.96. The Morgan fingerprint density at radius 3 is 2.30 bits per heavy atom. The van der Waals surface area contributed by atoms with Crippen LogP contribution >= 0.6 is 11.6 Å². The Bertz CT molecular complexity index is 990. The molecule has 0 saturated heterocycles. The Morgan fingerprint density at radius 1 is 1.04 bits per heavy atom. The van der Waals surface area contributed by atoms with E-state index < -0.39 is 0 Å². The highest BCUT2D eigenvalue weighted by Crippen LogP contribution is 2.24. The van der Waals surface area contributed by atoms with Gasteiger partial charge in [-0.3, -0.25) is 4.79 Å². The van der Waals surface area contributed by atoms with Crippen molar-refractivity contribution in [2.45, 2.75) is 6.92 Å². The fraction of sp³-hybridized carbons (Fsp3) is 0.0909. The summed E-state index contributed by atoms with van der Waals surface area (Å²) in [5, 5.41) is 12.3. The Morgan fingerprint density at radius 2 is 1.67 bits per heavy atom. The predicted molar refractivity (Wildman–Crippen MR) is 107 cm³/mol. The van der Waals surface area contributed by atoms with Gasteiger partial charge in [0.25, 0.3) is 5.91 Å². The molecule has 0 bridgehead atoms. The molecule has 4 nitrogen and oxygen atoms in total. The molecule has 1 amide bonds. The molecule has 0 aliphatic rings. The van der Waals surface area contributed by atoms with Crippen LogP contribution in [0.25, 0.3) is 11.1 Å². The normalized spacial score (nSPS) is 10.1. The zero-order valence-corrected chi connectivity index (χ0v) is 15.5. The van der Waals surface area contributed by atoms with E-state index in [4.69, 9.17) is 21.6 Å². The van der Waals surface area contributed by atoms with Gasteiger partial charge >= 0.3 is 0 Å². The van der Waals surface area contributed by atoms with Crippen LogP contribution in [0, 0.1) is 18.3 Å². The van der Waals surface area contributed by atoms with Gasteiger partial charge in [0.15, 0.2) is 6.61 Å². The lowest BCUT2D eigenvalue weighted by Crippen LogP contribution is -2.20. The zero-order valence-electron chi connectivity index (χ0n) is 14.7. The first kappa shape index (κ1) is 18.5. The molecule has 0 radical (unpaired) electrons. The van der Waals surface area contributed by atoms with Crippen LogP contribution in [0.1, 0.15) is 11.1 Å². The van der Waals surface area contributed by atoms with Crippen LogP contribution in [0.3, 0.4) is 0 Å². The van der Waals surface area contributed by atoms with Crippen molar-refractivity contribution in [3.63, 3.8) is 0 Å². The van der Waals surface area contributed by atoms with E-state index in [9.17, 15) is 4.79 Å². The van der Waals surface area contributed by atoms with Crippen LogP contribution in [-0.2, 0) is 4.79 Å². The number of benzene rings is 3. The SMILES string of the molecule is Cc1c(Cl)cccc1NC(=O)COc1ccc(-c2ccc(C#N)cc2)cc1. The number of nitrogens with one attached hydrogen (secondary N) is 1. The minimum atomic E-state index is -0.253. The molecule has 0 unspecified atom stereocenters. The summed E-state index contributed by atoms with van der Waals surface area (Å²) >= 11 is 6.05. The lowest BCUT2D eigenvalue weighted by molar-refractivity contribution is -0.118. The van der Waals surface area contributed by atoms with Gasteiger partial charge in [0, 0.05) is 10.7 Å². The van der Waals surface area contributed by atoms with Crippen LogP contribution < -0.4 is 10.1 Å². The van der Waals surface area contributed by atoms with Gasteiger partial charge in [-0.2, -0.15) is 5.26 Å². The summed E-state index contributed by atoms with van der Waals surface area (Å²) in [4.78, 5) is 12.1. The minimum Gasteiger partial charge on any atom is -0.484 e. The van der Waals surface area contributed by atoms with Crippen molar-refractivity contribution < 1.29 is 9.53 Å². The summed E-state index contributed by atoms with van der Waals surface area (Å²) in [6.07, 6.45) is 0. The fourth-order valence-electron chi connectivity index (χ4n) is 2.56. The number of nitrogens with zero attached hydrogens (tertiary/aromatic N) is 1. The van der Waals surface area contributed by atoms with E-state index >= 15 is 0 Å². The maximum Gasteiger partial charge on any atom is 0.262 e. The molecule has 0 spiro atoms. The number of carbonyl (C=O) groups excluding carboxylic acids is 1. The van der Waals surface area contributed by atoms with Crippen molar-refractivity contribution >= 4 is 23.2 Å². The summed E-state index contributed by atoms with van der Waals surface area (Å²) < 4.78 is 5.55. The molecule has 1 N–H and O–H groups in total. The Kier molecular flexibility index (Phi) is 5.75. The monoisotopic (exact) mass is 376 g/mol. The Hall–Kier alpha value is -3.29. The second kappa shape index (κ2) is 8.39. The van der Waals surface area contributed by atoms with Gasteiger partial charge in [0.2, 0.25) is 0 Å². The van der Waals surface area contributed by atoms with Crippen LogP contribution in [0.2, 0.25) is 5.02 Å². The molecule has 3 aromatic rings. The molecule has 0 atom stereocenters. The second-order valence-corrected chi connectivity index (χ2v) is 6.37. The summed E-state index contributed by atoms with van der Waals surface area (Å²) in [6.45, 7) is 1.75. The maximum absolute atomic E-state index is 12.1. The number of nitriles is 1. The fourth-order valence-corrected chi connectivity index (χ4v) is 2.73. The number of ether oxygens (including phenoxy) is 1. The molecule has 0 aliphatic carbocycles. The number of rotatable bonds is 5. The van der Waals surface area contributed by atoms with Gasteiger partial charge in [-0.25, -0.2) is 0 Å². The molecule has 0 fully saturated rings. The first-order valence-corrected chi connectivity index (χ1v) is 8.73. The molecule has 134 valence electrons. The summed E-state index contributed by atoms with van der Waals surface area (Å²) in [5.41, 5.74) is 4.13. The number of anilines is 1. The summed E-state index contributed by atoms with van der Waals surface area (Å²) in [6, 6.07) is 22.3. The topological polar surface area (TPSA) is 62.1 Å². The Labute approximate surface area is 163 Å². The van der Waals surface area contributed by atoms with Gasteiger partial charge in [-0.05, 0) is 60.0 Å².